The summed E-state index contributed by atoms with van der Waals surface area (Å²) in [7, 11) is 0. The van der Waals surface area contributed by atoms with Crippen molar-refractivity contribution in [2.75, 3.05) is 13.2 Å². The monoisotopic (exact) mass is 582 g/mol. The molecule has 6 nitrogen and oxygen atoms in total. The molecule has 224 valence electrons. The second-order valence-electron chi connectivity index (χ2n) is 9.34. The summed E-state index contributed by atoms with van der Waals surface area (Å²) in [5, 5.41) is 0. The zero-order valence-corrected chi connectivity index (χ0v) is 24.8. The van der Waals surface area contributed by atoms with Gasteiger partial charge in [-0.25, -0.2) is 12.1 Å². The molecule has 0 unspecified atom stereocenters. The quantitative estimate of drug-likeness (QED) is 0.0521. The molecule has 2 rings (SSSR count). The van der Waals surface area contributed by atoms with Crippen molar-refractivity contribution >= 4 is 23.5 Å². The fourth-order valence-corrected chi connectivity index (χ4v) is 4.05. The average molecular weight is 583 g/mol. The molecule has 0 saturated carbocycles. The summed E-state index contributed by atoms with van der Waals surface area (Å²) in [6.07, 6.45) is 12.2. The van der Waals surface area contributed by atoms with E-state index in [4.69, 9.17) is 9.47 Å². The van der Waals surface area contributed by atoms with Gasteiger partial charge in [0.05, 0.1) is 13.2 Å². The van der Waals surface area contributed by atoms with Gasteiger partial charge in [-0.1, -0.05) is 50.5 Å². The van der Waals surface area contributed by atoms with Gasteiger partial charge in [-0.15, -0.1) is 6.42 Å². The predicted molar refractivity (Wildman–Crippen MR) is 151 cm³/mol. The van der Waals surface area contributed by atoms with Crippen molar-refractivity contribution in [1.82, 2.24) is 0 Å². The first-order valence-electron chi connectivity index (χ1n) is 14.3. The Bertz CT molecular complexity index is 812. The van der Waals surface area contributed by atoms with E-state index in [1.165, 1.54) is 0 Å². The summed E-state index contributed by atoms with van der Waals surface area (Å²) in [6.45, 7) is 4.56. The summed E-state index contributed by atoms with van der Waals surface area (Å²) >= 11 is 0. The van der Waals surface area contributed by atoms with Gasteiger partial charge >= 0.3 is 11.9 Å². The van der Waals surface area contributed by atoms with Gasteiger partial charge < -0.3 is 48.9 Å². The normalized spacial score (nSPS) is 10.1. The van der Waals surface area contributed by atoms with Crippen LogP contribution in [0.25, 0.3) is 0 Å². The van der Waals surface area contributed by atoms with Crippen molar-refractivity contribution in [1.29, 1.82) is 0 Å². The van der Waals surface area contributed by atoms with E-state index >= 15 is 0 Å². The number of hydrogen-bond donors (Lipinski definition) is 0. The Morgan fingerprint density at radius 2 is 0.974 bits per heavy atom. The Kier molecular flexibility index (Phi) is 23.0. The Morgan fingerprint density at radius 3 is 1.41 bits per heavy atom. The first-order valence-corrected chi connectivity index (χ1v) is 14.3. The van der Waals surface area contributed by atoms with Crippen LogP contribution < -0.4 is 0 Å². The van der Waals surface area contributed by atoms with Crippen LogP contribution in [0.3, 0.4) is 0 Å². The van der Waals surface area contributed by atoms with Crippen molar-refractivity contribution < 1.29 is 45.7 Å². The van der Waals surface area contributed by atoms with Crippen molar-refractivity contribution in [3.05, 3.63) is 59.7 Å². The molecule has 0 fully saturated rings. The summed E-state index contributed by atoms with van der Waals surface area (Å²) in [5.41, 5.74) is 1.64. The first-order chi connectivity index (χ1) is 18.5. The number of ether oxygens (including phenoxy) is 2. The zero-order chi connectivity index (χ0) is 27.8. The smallest absolute Gasteiger partial charge is 0.305 e. The zero-order valence-electron chi connectivity index (χ0n) is 23.7. The van der Waals surface area contributed by atoms with Gasteiger partial charge in [0.2, 0.25) is 0 Å². The Hall–Kier alpha value is -2.50. The summed E-state index contributed by atoms with van der Waals surface area (Å²) in [5.74, 6) is 0.260. The summed E-state index contributed by atoms with van der Waals surface area (Å²) in [4.78, 5) is 45.6. The maximum Gasteiger partial charge on any atom is 0.305 e. The van der Waals surface area contributed by atoms with E-state index in [2.05, 4.69) is 0 Å². The van der Waals surface area contributed by atoms with Gasteiger partial charge in [0.25, 0.3) is 0 Å². The van der Waals surface area contributed by atoms with Crippen LogP contribution in [0.1, 0.15) is 124 Å². The van der Waals surface area contributed by atoms with E-state index < -0.39 is 0 Å². The van der Waals surface area contributed by atoms with E-state index in [1.807, 2.05) is 62.4 Å². The topological polar surface area (TPSA) is 86.7 Å². The van der Waals surface area contributed by atoms with Crippen LogP contribution in [0.4, 0.5) is 0 Å². The molecule has 0 spiro atoms. The number of esters is 2. The molecule has 0 heterocycles. The number of carbonyl (C=O) groups excluding carboxylic acids is 4. The van der Waals surface area contributed by atoms with E-state index in [1.54, 1.807) is 0 Å². The minimum Gasteiger partial charge on any atom is -0.718 e. The largest absolute Gasteiger partial charge is 0.718 e. The second kappa shape index (κ2) is 24.5. The summed E-state index contributed by atoms with van der Waals surface area (Å²) in [6, 6.07) is 15.0. The minimum atomic E-state index is -0.103. The number of unbranched alkanes of at least 4 members (excludes halogenated alkanes) is 8. The number of rotatable bonds is 20. The molecule has 2 aromatic rings. The Labute approximate surface area is 245 Å². The molecule has 0 amide bonds. The van der Waals surface area contributed by atoms with E-state index in [9.17, 15) is 19.2 Å². The van der Waals surface area contributed by atoms with E-state index in [0.717, 1.165) is 75.3 Å². The molecule has 2 aromatic carbocycles. The molecular weight excluding hydrogens is 536 g/mol. The minimum absolute atomic E-state index is 0. The van der Waals surface area contributed by atoms with Crippen molar-refractivity contribution in [3.63, 3.8) is 0 Å². The van der Waals surface area contributed by atoms with Crippen molar-refractivity contribution in [3.8, 4) is 0 Å². The van der Waals surface area contributed by atoms with Crippen LogP contribution in [0.5, 0.6) is 0 Å². The maximum atomic E-state index is 11.7. The standard InChI is InChI=1S/2C16H23O3.Fe/c2*1-2-19-16(18)13-7-5-3-4-6-12-15(17)14-10-8-9-11-14;/h2*8-11H,2-7,12-13H2,1H3;/q-5;-1;. The molecular formula is C32H46FeO6-6. The fraction of sp³-hybridized carbons (Fsp3) is 0.562. The molecule has 0 radical (unpaired) electrons. The SMILES string of the molecule is CCOC(=O)CCCCCCCC(=O)[c-]1[cH-][cH-][cH-][cH-]1.CCOC(=O)CCCCCCCC(=O)[c-]1cccc1.[Fe]. The van der Waals surface area contributed by atoms with Crippen LogP contribution in [0.15, 0.2) is 48.5 Å². The van der Waals surface area contributed by atoms with Crippen molar-refractivity contribution in [2.45, 2.75) is 104 Å². The van der Waals surface area contributed by atoms with Gasteiger partial charge in [0.15, 0.2) is 0 Å². The fourth-order valence-electron chi connectivity index (χ4n) is 4.05. The molecule has 0 N–H and O–H groups in total. The molecule has 0 bridgehead atoms. The second-order valence-corrected chi connectivity index (χ2v) is 9.34. The van der Waals surface area contributed by atoms with E-state index in [0.29, 0.717) is 38.9 Å². The predicted octanol–water partition coefficient (Wildman–Crippen LogP) is 7.76. The Morgan fingerprint density at radius 1 is 0.590 bits per heavy atom. The van der Waals surface area contributed by atoms with Crippen molar-refractivity contribution in [2.24, 2.45) is 0 Å². The third-order valence-corrected chi connectivity index (χ3v) is 6.15. The van der Waals surface area contributed by atoms with Gasteiger partial charge in [-0.05, 0) is 39.5 Å². The van der Waals surface area contributed by atoms with Crippen LogP contribution in [0.2, 0.25) is 0 Å². The first kappa shape index (κ1) is 36.5. The van der Waals surface area contributed by atoms with Crippen LogP contribution in [-0.2, 0) is 36.1 Å². The molecule has 0 atom stereocenters. The Balaban J connectivity index is 0.000000722. The van der Waals surface area contributed by atoms with E-state index in [-0.39, 0.29) is 40.6 Å². The number of carbonyl (C=O) groups is 4. The molecule has 39 heavy (non-hydrogen) atoms. The number of ketones is 2. The molecule has 0 aliphatic heterocycles. The molecule has 0 saturated heterocycles. The molecule has 0 aromatic heterocycles. The van der Waals surface area contributed by atoms with Crippen LogP contribution in [0, 0.1) is 0 Å². The van der Waals surface area contributed by atoms with Gasteiger partial charge in [0, 0.05) is 29.9 Å². The summed E-state index contributed by atoms with van der Waals surface area (Å²) < 4.78 is 9.72. The number of Topliss-reactive ketones (excluding diaryl/α,β-unsaturated/α-hetero) is 2. The van der Waals surface area contributed by atoms with Gasteiger partial charge in [-0.3, -0.25) is 15.4 Å². The average Bonchev–Trinajstić information content (AvgIpc) is 3.63. The molecule has 0 aliphatic rings. The van der Waals surface area contributed by atoms with Crippen LogP contribution in [-0.4, -0.2) is 36.7 Å². The third kappa shape index (κ3) is 19.2. The third-order valence-electron chi connectivity index (χ3n) is 6.15. The maximum absolute atomic E-state index is 11.7. The number of hydrogen-bond acceptors (Lipinski definition) is 6. The van der Waals surface area contributed by atoms with Gasteiger partial charge in [-0.2, -0.15) is 12.1 Å². The molecule has 7 heteroatoms. The van der Waals surface area contributed by atoms with Gasteiger partial charge in [0.1, 0.15) is 5.78 Å². The molecule has 0 aliphatic carbocycles. The van der Waals surface area contributed by atoms with Crippen LogP contribution >= 0.6 is 0 Å².